The van der Waals surface area contributed by atoms with Gasteiger partial charge in [0.1, 0.15) is 11.3 Å². The second-order valence-electron chi connectivity index (χ2n) is 7.29. The number of carbonyl (C=O) groups is 2. The van der Waals surface area contributed by atoms with E-state index in [0.717, 1.165) is 21.4 Å². The Hall–Kier alpha value is -3.78. The molecule has 0 aliphatic carbocycles. The van der Waals surface area contributed by atoms with Crippen molar-refractivity contribution in [3.05, 3.63) is 78.1 Å². The van der Waals surface area contributed by atoms with Crippen molar-refractivity contribution >= 4 is 33.4 Å². The van der Waals surface area contributed by atoms with Gasteiger partial charge in [-0.25, -0.2) is 4.98 Å². The molecular weight excluding hydrogens is 436 g/mol. The number of thiazole rings is 1. The summed E-state index contributed by atoms with van der Waals surface area (Å²) >= 11 is 1.28. The van der Waals surface area contributed by atoms with Crippen LogP contribution in [-0.4, -0.2) is 53.9 Å². The maximum atomic E-state index is 12.8. The summed E-state index contributed by atoms with van der Waals surface area (Å²) < 4.78 is 6.63. The molecule has 2 heterocycles. The quantitative estimate of drug-likeness (QED) is 0.481. The van der Waals surface area contributed by atoms with E-state index in [-0.39, 0.29) is 18.4 Å². The van der Waals surface area contributed by atoms with Crippen molar-refractivity contribution in [3.63, 3.8) is 0 Å². The summed E-state index contributed by atoms with van der Waals surface area (Å²) in [5.41, 5.74) is 3.34. The molecule has 3 rings (SSSR count). The van der Waals surface area contributed by atoms with Crippen molar-refractivity contribution in [1.82, 2.24) is 20.2 Å². The number of allylic oxidation sites excluding steroid dienone is 3. The standard InChI is InChI=1S/C25H26N4O3S/c1-5-7-8-17(6-2)15-27-24(31)25-28-23-20(32-16-22(30)29(3)4)13-19(14-21(23)33-25)18-9-11-26-12-10-18/h5-14H,1,15-16H2,2-4H3,(H,27,31)/b8-7-,17-6+. The molecule has 7 nitrogen and oxygen atoms in total. The van der Waals surface area contributed by atoms with Gasteiger partial charge in [-0.2, -0.15) is 0 Å². The number of hydrogen-bond donors (Lipinski definition) is 1. The van der Waals surface area contributed by atoms with Gasteiger partial charge >= 0.3 is 0 Å². The lowest BCUT2D eigenvalue weighted by Gasteiger charge is -2.12. The van der Waals surface area contributed by atoms with E-state index in [2.05, 4.69) is 21.9 Å². The Morgan fingerprint density at radius 1 is 1.21 bits per heavy atom. The number of hydrogen-bond acceptors (Lipinski definition) is 6. The predicted octanol–water partition coefficient (Wildman–Crippen LogP) is 4.24. The van der Waals surface area contributed by atoms with Gasteiger partial charge in [-0.05, 0) is 47.9 Å². The van der Waals surface area contributed by atoms with Crippen molar-refractivity contribution in [2.75, 3.05) is 27.2 Å². The number of ether oxygens (including phenoxy) is 1. The molecule has 33 heavy (non-hydrogen) atoms. The Labute approximate surface area is 197 Å². The smallest absolute Gasteiger partial charge is 0.280 e. The van der Waals surface area contributed by atoms with Crippen LogP contribution < -0.4 is 10.1 Å². The summed E-state index contributed by atoms with van der Waals surface area (Å²) in [7, 11) is 3.34. The van der Waals surface area contributed by atoms with Gasteiger partial charge in [0, 0.05) is 33.0 Å². The summed E-state index contributed by atoms with van der Waals surface area (Å²) in [6, 6.07) is 7.57. The second-order valence-corrected chi connectivity index (χ2v) is 8.32. The van der Waals surface area contributed by atoms with Crippen LogP contribution in [0.4, 0.5) is 0 Å². The zero-order valence-corrected chi connectivity index (χ0v) is 19.7. The first-order valence-corrected chi connectivity index (χ1v) is 11.1. The number of rotatable bonds is 9. The van der Waals surface area contributed by atoms with Crippen molar-refractivity contribution in [2.24, 2.45) is 0 Å². The van der Waals surface area contributed by atoms with Crippen LogP contribution in [0.3, 0.4) is 0 Å². The third-order valence-electron chi connectivity index (χ3n) is 4.79. The van der Waals surface area contributed by atoms with Gasteiger partial charge in [0.25, 0.3) is 11.8 Å². The number of likely N-dealkylation sites (N-methyl/N-ethyl adjacent to an activating group) is 1. The highest BCUT2D eigenvalue weighted by Gasteiger charge is 2.18. The first-order chi connectivity index (χ1) is 15.9. The fraction of sp³-hybridized carbons (Fsp3) is 0.200. The third kappa shape index (κ3) is 6.14. The molecule has 0 saturated carbocycles. The molecule has 0 saturated heterocycles. The Bertz CT molecular complexity index is 1210. The number of nitrogens with one attached hydrogen (secondary N) is 1. The SMILES string of the molecule is C=C/C=C\C(=C/C)CNC(=O)c1nc2c(OCC(=O)N(C)C)cc(-c3ccncc3)cc2s1. The Kier molecular flexibility index (Phi) is 8.10. The summed E-state index contributed by atoms with van der Waals surface area (Å²) in [4.78, 5) is 34.9. The zero-order chi connectivity index (χ0) is 23.8. The molecule has 8 heteroatoms. The molecule has 170 valence electrons. The molecule has 0 spiro atoms. The number of carbonyl (C=O) groups excluding carboxylic acids is 2. The molecule has 2 amide bonds. The van der Waals surface area contributed by atoms with Crippen LogP contribution in [0.15, 0.2) is 73.1 Å². The molecule has 2 aromatic heterocycles. The van der Waals surface area contributed by atoms with Gasteiger partial charge in [0.15, 0.2) is 11.6 Å². The molecule has 0 fully saturated rings. The van der Waals surface area contributed by atoms with Gasteiger partial charge in [0.2, 0.25) is 0 Å². The van der Waals surface area contributed by atoms with Crippen LogP contribution in [0.1, 0.15) is 16.7 Å². The fourth-order valence-corrected chi connectivity index (χ4v) is 3.83. The van der Waals surface area contributed by atoms with Gasteiger partial charge in [-0.15, -0.1) is 11.3 Å². The molecule has 0 bridgehead atoms. The van der Waals surface area contributed by atoms with Crippen molar-refractivity contribution in [2.45, 2.75) is 6.92 Å². The van der Waals surface area contributed by atoms with Crippen LogP contribution in [0.5, 0.6) is 5.75 Å². The van der Waals surface area contributed by atoms with Crippen LogP contribution >= 0.6 is 11.3 Å². The fourth-order valence-electron chi connectivity index (χ4n) is 2.89. The average Bonchev–Trinajstić information content (AvgIpc) is 3.27. The largest absolute Gasteiger partial charge is 0.481 e. The highest BCUT2D eigenvalue weighted by atomic mass is 32.1. The minimum atomic E-state index is -0.275. The van der Waals surface area contributed by atoms with E-state index in [1.807, 2.05) is 49.4 Å². The monoisotopic (exact) mass is 462 g/mol. The van der Waals surface area contributed by atoms with E-state index in [0.29, 0.717) is 22.8 Å². The average molecular weight is 463 g/mol. The second kappa shape index (κ2) is 11.2. The highest BCUT2D eigenvalue weighted by molar-refractivity contribution is 7.20. The van der Waals surface area contributed by atoms with Crippen molar-refractivity contribution in [1.29, 1.82) is 0 Å². The number of fused-ring (bicyclic) bond motifs is 1. The molecule has 0 atom stereocenters. The Morgan fingerprint density at radius 3 is 2.64 bits per heavy atom. The van der Waals surface area contributed by atoms with Crippen molar-refractivity contribution < 1.29 is 14.3 Å². The first kappa shape index (κ1) is 23.9. The van der Waals surface area contributed by atoms with Gasteiger partial charge < -0.3 is 15.0 Å². The molecule has 0 aliphatic rings. The minimum Gasteiger partial charge on any atom is -0.481 e. The third-order valence-corrected chi connectivity index (χ3v) is 5.79. The Morgan fingerprint density at radius 2 is 1.97 bits per heavy atom. The van der Waals surface area contributed by atoms with E-state index in [1.54, 1.807) is 32.6 Å². The number of aromatic nitrogens is 2. The Balaban J connectivity index is 1.92. The normalized spacial score (nSPS) is 11.5. The number of benzene rings is 1. The lowest BCUT2D eigenvalue weighted by Crippen LogP contribution is -2.27. The van der Waals surface area contributed by atoms with Crippen molar-refractivity contribution in [3.8, 4) is 16.9 Å². The topological polar surface area (TPSA) is 84.4 Å². The number of pyridine rings is 1. The molecule has 3 aromatic rings. The van der Waals surface area contributed by atoms with E-state index in [9.17, 15) is 9.59 Å². The zero-order valence-electron chi connectivity index (χ0n) is 18.9. The number of amides is 2. The van der Waals surface area contributed by atoms with Gasteiger partial charge in [-0.3, -0.25) is 14.6 Å². The predicted molar refractivity (Wildman–Crippen MR) is 132 cm³/mol. The van der Waals surface area contributed by atoms with Gasteiger partial charge in [-0.1, -0.05) is 30.9 Å². The van der Waals surface area contributed by atoms with E-state index in [1.165, 1.54) is 16.2 Å². The summed E-state index contributed by atoms with van der Waals surface area (Å²) in [6.07, 6.45) is 10.7. The molecular formula is C25H26N4O3S. The summed E-state index contributed by atoms with van der Waals surface area (Å²) in [5, 5.41) is 3.22. The maximum Gasteiger partial charge on any atom is 0.280 e. The number of nitrogens with zero attached hydrogens (tertiary/aromatic N) is 3. The van der Waals surface area contributed by atoms with Crippen LogP contribution in [0.2, 0.25) is 0 Å². The molecule has 0 aliphatic heterocycles. The molecule has 1 aromatic carbocycles. The summed E-state index contributed by atoms with van der Waals surface area (Å²) in [5.74, 6) is 0.00771. The van der Waals surface area contributed by atoms with E-state index >= 15 is 0 Å². The van der Waals surface area contributed by atoms with Crippen LogP contribution in [0, 0.1) is 0 Å². The highest BCUT2D eigenvalue weighted by Crippen LogP contribution is 2.35. The lowest BCUT2D eigenvalue weighted by atomic mass is 10.1. The molecule has 0 unspecified atom stereocenters. The van der Waals surface area contributed by atoms with Crippen LogP contribution in [0.25, 0.3) is 21.3 Å². The molecule has 1 N–H and O–H groups in total. The lowest BCUT2D eigenvalue weighted by molar-refractivity contribution is -0.130. The summed E-state index contributed by atoms with van der Waals surface area (Å²) in [6.45, 7) is 5.82. The van der Waals surface area contributed by atoms with Gasteiger partial charge in [0.05, 0.1) is 4.70 Å². The van der Waals surface area contributed by atoms with E-state index in [4.69, 9.17) is 4.74 Å². The molecule has 0 radical (unpaired) electrons. The van der Waals surface area contributed by atoms with Crippen LogP contribution in [-0.2, 0) is 4.79 Å². The minimum absolute atomic E-state index is 0.124. The first-order valence-electron chi connectivity index (χ1n) is 10.3. The van der Waals surface area contributed by atoms with E-state index < -0.39 is 0 Å². The maximum absolute atomic E-state index is 12.8.